The van der Waals surface area contributed by atoms with E-state index in [0.717, 1.165) is 31.4 Å². The molecule has 1 atom stereocenters. The summed E-state index contributed by atoms with van der Waals surface area (Å²) < 4.78 is 17.8. The molecule has 1 saturated heterocycles. The predicted molar refractivity (Wildman–Crippen MR) is 166 cm³/mol. The second-order valence-corrected chi connectivity index (χ2v) is 12.5. The first-order chi connectivity index (χ1) is 20.6. The Morgan fingerprint density at radius 2 is 2.07 bits per heavy atom. The third-order valence-corrected chi connectivity index (χ3v) is 8.92. The molecule has 0 saturated carbocycles. The number of carbonyl (C=O) groups excluding carboxylic acids is 2. The molecule has 1 aliphatic carbocycles. The highest BCUT2D eigenvalue weighted by Gasteiger charge is 2.36. The summed E-state index contributed by atoms with van der Waals surface area (Å²) in [6, 6.07) is 7.17. The summed E-state index contributed by atoms with van der Waals surface area (Å²) in [5.74, 6) is 0.507. The van der Waals surface area contributed by atoms with Gasteiger partial charge in [0.25, 0.3) is 5.91 Å². The maximum absolute atomic E-state index is 15.7. The zero-order valence-electron chi connectivity index (χ0n) is 25.0. The summed E-state index contributed by atoms with van der Waals surface area (Å²) in [7, 11) is 0. The van der Waals surface area contributed by atoms with Crippen molar-refractivity contribution in [3.63, 3.8) is 0 Å². The van der Waals surface area contributed by atoms with Gasteiger partial charge < -0.3 is 19.7 Å². The van der Waals surface area contributed by atoms with Crippen molar-refractivity contribution in [1.82, 2.24) is 24.6 Å². The molecule has 3 aromatic rings. The van der Waals surface area contributed by atoms with Crippen molar-refractivity contribution < 1.29 is 14.0 Å². The van der Waals surface area contributed by atoms with E-state index in [0.29, 0.717) is 53.7 Å². The maximum atomic E-state index is 15.7. The van der Waals surface area contributed by atoms with Gasteiger partial charge in [-0.3, -0.25) is 14.7 Å². The zero-order valence-corrected chi connectivity index (χ0v) is 25.0. The van der Waals surface area contributed by atoms with Crippen LogP contribution in [0.2, 0.25) is 0 Å². The van der Waals surface area contributed by atoms with Crippen molar-refractivity contribution in [3.05, 3.63) is 82.5 Å². The van der Waals surface area contributed by atoms with Crippen LogP contribution in [0.5, 0.6) is 0 Å². The molecule has 2 N–H and O–H groups in total. The first-order valence-electron chi connectivity index (χ1n) is 14.8. The number of allylic oxidation sites excluding steroid dienone is 1. The molecule has 0 spiro atoms. The molecule has 224 valence electrons. The summed E-state index contributed by atoms with van der Waals surface area (Å²) in [6.45, 7) is 16.3. The number of fused-ring (bicyclic) bond motifs is 3. The van der Waals surface area contributed by atoms with Gasteiger partial charge in [0, 0.05) is 50.0 Å². The number of aliphatic imine (C=N–C) groups is 1. The summed E-state index contributed by atoms with van der Waals surface area (Å²) in [4.78, 5) is 33.0. The van der Waals surface area contributed by atoms with Crippen molar-refractivity contribution in [3.8, 4) is 0 Å². The molecule has 1 fully saturated rings. The third-order valence-electron chi connectivity index (χ3n) is 8.92. The van der Waals surface area contributed by atoms with E-state index in [-0.39, 0.29) is 35.6 Å². The van der Waals surface area contributed by atoms with Crippen LogP contribution in [-0.2, 0) is 30.7 Å². The van der Waals surface area contributed by atoms with Gasteiger partial charge in [-0.1, -0.05) is 38.6 Å². The lowest BCUT2D eigenvalue weighted by Gasteiger charge is -2.30. The van der Waals surface area contributed by atoms with Crippen molar-refractivity contribution in [1.29, 1.82) is 0 Å². The Balaban J connectivity index is 1.20. The normalized spacial score (nSPS) is 19.4. The van der Waals surface area contributed by atoms with Crippen LogP contribution in [0.3, 0.4) is 0 Å². The number of benzene rings is 1. The largest absolute Gasteiger partial charge is 0.365 e. The molecule has 10 heteroatoms. The number of hydrogen-bond acceptors (Lipinski definition) is 5. The van der Waals surface area contributed by atoms with Gasteiger partial charge in [0.2, 0.25) is 5.91 Å². The van der Waals surface area contributed by atoms with E-state index in [2.05, 4.69) is 52.2 Å². The summed E-state index contributed by atoms with van der Waals surface area (Å²) in [5.41, 5.74) is 6.03. The van der Waals surface area contributed by atoms with Gasteiger partial charge in [-0.25, -0.2) is 9.38 Å². The lowest BCUT2D eigenvalue weighted by molar-refractivity contribution is -0.125. The maximum Gasteiger partial charge on any atom is 0.270 e. The Bertz CT molecular complexity index is 1660. The van der Waals surface area contributed by atoms with E-state index in [1.165, 1.54) is 23.4 Å². The number of aromatic amines is 1. The van der Waals surface area contributed by atoms with E-state index in [1.807, 2.05) is 25.1 Å². The zero-order chi connectivity index (χ0) is 30.5. The minimum atomic E-state index is -0.379. The smallest absolute Gasteiger partial charge is 0.270 e. The van der Waals surface area contributed by atoms with Gasteiger partial charge in [0.05, 0.1) is 5.56 Å². The van der Waals surface area contributed by atoms with Crippen LogP contribution in [0.1, 0.15) is 65.6 Å². The predicted octanol–water partition coefficient (Wildman–Crippen LogP) is 5.11. The van der Waals surface area contributed by atoms with Gasteiger partial charge in [-0.05, 0) is 73.2 Å². The minimum absolute atomic E-state index is 0.00818. The van der Waals surface area contributed by atoms with E-state index < -0.39 is 0 Å². The minimum Gasteiger partial charge on any atom is -0.365 e. The standard InChI is InChI=1S/C33H38FN7O2/c1-6-24(29-30(35-5)37-38-31(29)36-23-10-11-39(19-23)28(42)7-2)20-8-9-21(25(34)14-20)18-40-12-13-41-26(32(40)43)15-22-16-33(3,4)17-27(22)41/h6-9,14-15,23H,2,5,10-13,16-19H2,1,3-4H3,(H2,36,37,38)/b24-6-/t23-/m1/s1. The van der Waals surface area contributed by atoms with E-state index in [4.69, 9.17) is 0 Å². The highest BCUT2D eigenvalue weighted by atomic mass is 19.1. The van der Waals surface area contributed by atoms with Crippen LogP contribution in [0.15, 0.2) is 48.0 Å². The Morgan fingerprint density at radius 1 is 1.26 bits per heavy atom. The fourth-order valence-electron chi connectivity index (χ4n) is 6.83. The first-order valence-corrected chi connectivity index (χ1v) is 14.8. The number of rotatable bonds is 8. The summed E-state index contributed by atoms with van der Waals surface area (Å²) >= 11 is 0. The van der Waals surface area contributed by atoms with Crippen LogP contribution in [0, 0.1) is 11.2 Å². The average Bonchev–Trinajstić information content (AvgIpc) is 3.75. The highest BCUT2D eigenvalue weighted by Crippen LogP contribution is 2.40. The molecule has 3 aliphatic rings. The molecule has 0 radical (unpaired) electrons. The Kier molecular flexibility index (Phi) is 7.31. The Hall–Kier alpha value is -4.47. The number of carbonyl (C=O) groups is 2. The number of likely N-dealkylation sites (tertiary alicyclic amines) is 1. The van der Waals surface area contributed by atoms with Gasteiger partial charge >= 0.3 is 0 Å². The second-order valence-electron chi connectivity index (χ2n) is 12.5. The number of halogens is 1. The lowest BCUT2D eigenvalue weighted by Crippen LogP contribution is -2.40. The first kappa shape index (κ1) is 28.6. The number of anilines is 1. The van der Waals surface area contributed by atoms with Crippen LogP contribution < -0.4 is 5.32 Å². The Morgan fingerprint density at radius 3 is 2.79 bits per heavy atom. The molecule has 0 bridgehead atoms. The number of aromatic nitrogens is 3. The monoisotopic (exact) mass is 583 g/mol. The molecule has 2 aliphatic heterocycles. The molecule has 0 unspecified atom stereocenters. The average molecular weight is 584 g/mol. The molecule has 6 rings (SSSR count). The van der Waals surface area contributed by atoms with Crippen LogP contribution >= 0.6 is 0 Å². The van der Waals surface area contributed by atoms with E-state index >= 15 is 4.39 Å². The molecule has 9 nitrogen and oxygen atoms in total. The van der Waals surface area contributed by atoms with Gasteiger partial charge in [0.1, 0.15) is 17.3 Å². The van der Waals surface area contributed by atoms with Crippen LogP contribution in [0.4, 0.5) is 16.0 Å². The van der Waals surface area contributed by atoms with Crippen molar-refractivity contribution >= 4 is 35.7 Å². The van der Waals surface area contributed by atoms with Crippen molar-refractivity contribution in [2.24, 2.45) is 10.4 Å². The molecule has 2 aromatic heterocycles. The number of amides is 2. The molecular formula is C33H38FN7O2. The summed E-state index contributed by atoms with van der Waals surface area (Å²) in [6.07, 6.45) is 5.94. The van der Waals surface area contributed by atoms with Crippen molar-refractivity contribution in [2.75, 3.05) is 25.0 Å². The lowest BCUT2D eigenvalue weighted by atomic mass is 9.90. The Labute approximate surface area is 251 Å². The fraction of sp³-hybridized carbons (Fsp3) is 0.394. The number of H-pyrrole nitrogens is 1. The van der Waals surface area contributed by atoms with Crippen LogP contribution in [0.25, 0.3) is 5.57 Å². The molecule has 43 heavy (non-hydrogen) atoms. The molecule has 4 heterocycles. The van der Waals surface area contributed by atoms with E-state index in [9.17, 15) is 9.59 Å². The van der Waals surface area contributed by atoms with Gasteiger partial charge in [0.15, 0.2) is 5.82 Å². The number of hydrogen-bond donors (Lipinski definition) is 2. The van der Waals surface area contributed by atoms with E-state index in [1.54, 1.807) is 15.9 Å². The third kappa shape index (κ3) is 5.19. The molecular weight excluding hydrogens is 545 g/mol. The number of nitrogens with zero attached hydrogens (tertiary/aromatic N) is 5. The molecule has 1 aromatic carbocycles. The quantitative estimate of drug-likeness (QED) is 0.284. The highest BCUT2D eigenvalue weighted by molar-refractivity contribution is 5.94. The fourth-order valence-corrected chi connectivity index (χ4v) is 6.83. The van der Waals surface area contributed by atoms with Gasteiger partial charge in [-0.2, -0.15) is 5.10 Å². The van der Waals surface area contributed by atoms with Crippen LogP contribution in [-0.4, -0.2) is 68.8 Å². The topological polar surface area (TPSA) is 98.6 Å². The molecule has 2 amide bonds. The summed E-state index contributed by atoms with van der Waals surface area (Å²) in [5, 5.41) is 10.8. The van der Waals surface area contributed by atoms with Crippen molar-refractivity contribution in [2.45, 2.75) is 59.2 Å². The SMILES string of the molecule is C=CC(=O)N1CC[C@@H](Nc2[nH]nc(N=C)c2/C(=C\C)c2ccc(CN3CCn4c(cc5c4CC(C)(C)C5)C3=O)c(F)c2)C1. The number of nitrogens with one attached hydrogen (secondary N) is 2. The van der Waals surface area contributed by atoms with Gasteiger partial charge in [-0.15, -0.1) is 0 Å². The second kappa shape index (κ2) is 11.0.